The van der Waals surface area contributed by atoms with Crippen LogP contribution >= 0.6 is 0 Å². The van der Waals surface area contributed by atoms with Crippen LogP contribution in [0.2, 0.25) is 0 Å². The molecule has 3 nitrogen and oxygen atoms in total. The van der Waals surface area contributed by atoms with Gasteiger partial charge in [0.1, 0.15) is 0 Å². The number of nitrogens with zero attached hydrogens (tertiary/aromatic N) is 1. The Labute approximate surface area is 105 Å². The van der Waals surface area contributed by atoms with E-state index in [0.29, 0.717) is 13.2 Å². The van der Waals surface area contributed by atoms with Crippen LogP contribution in [-0.4, -0.2) is 40.5 Å². The van der Waals surface area contributed by atoms with Crippen molar-refractivity contribution in [1.82, 2.24) is 0 Å². The van der Waals surface area contributed by atoms with Crippen molar-refractivity contribution < 1.29 is 60.9 Å². The van der Waals surface area contributed by atoms with E-state index < -0.39 is 0 Å². The zero-order chi connectivity index (χ0) is 6.95. The molecule has 0 fully saturated rings. The molecule has 0 rings (SSSR count). The number of hydrogen-bond acceptors (Lipinski definition) is 2. The molecular formula is C6H14KNO2. The molecule has 0 atom stereocenters. The maximum Gasteiger partial charge on any atom is 1.00 e. The van der Waals surface area contributed by atoms with Crippen LogP contribution in [0.15, 0.2) is 0 Å². The quantitative estimate of drug-likeness (QED) is 0.331. The Morgan fingerprint density at radius 2 is 1.40 bits per heavy atom. The molecule has 0 aromatic heterocycles. The first-order valence-electron chi connectivity index (χ1n) is 3.03. The largest absolute Gasteiger partial charge is 1.00 e. The van der Waals surface area contributed by atoms with Gasteiger partial charge in [-0.25, -0.2) is 0 Å². The molecule has 0 aromatic rings. The van der Waals surface area contributed by atoms with E-state index in [-0.39, 0.29) is 51.4 Å². The first kappa shape index (κ1) is 14.1. The Balaban J connectivity index is 0. The first-order valence-corrected chi connectivity index (χ1v) is 3.03. The molecule has 0 radical (unpaired) electrons. The Bertz CT molecular complexity index is 49.0. The number of rotatable bonds is 6. The van der Waals surface area contributed by atoms with Crippen molar-refractivity contribution in [3.63, 3.8) is 0 Å². The van der Waals surface area contributed by atoms with Crippen molar-refractivity contribution in [1.29, 1.82) is 0 Å². The van der Waals surface area contributed by atoms with E-state index >= 15 is 0 Å². The van der Waals surface area contributed by atoms with E-state index in [0.717, 1.165) is 13.1 Å². The molecule has 0 heterocycles. The molecule has 0 saturated heterocycles. The van der Waals surface area contributed by atoms with Crippen molar-refractivity contribution >= 4 is 0 Å². The molecule has 4 heteroatoms. The second-order valence-electron chi connectivity index (χ2n) is 1.66. The molecular weight excluding hydrogens is 157 g/mol. The third-order valence-electron chi connectivity index (χ3n) is 0.907. The third kappa shape index (κ3) is 12.2. The van der Waals surface area contributed by atoms with E-state index in [4.69, 9.17) is 9.47 Å². The molecule has 0 aromatic carbocycles. The predicted molar refractivity (Wildman–Crippen MR) is 36.8 cm³/mol. The summed E-state index contributed by atoms with van der Waals surface area (Å²) < 4.78 is 9.57. The van der Waals surface area contributed by atoms with Crippen LogP contribution in [0, 0.1) is 0 Å². The maximum atomic E-state index is 4.79. The summed E-state index contributed by atoms with van der Waals surface area (Å²) in [6.07, 6.45) is 0. The minimum Gasteiger partial charge on any atom is -0.659 e. The molecule has 0 aliphatic rings. The van der Waals surface area contributed by atoms with Gasteiger partial charge in [0.25, 0.3) is 0 Å². The summed E-state index contributed by atoms with van der Waals surface area (Å²) in [4.78, 5) is 0. The van der Waals surface area contributed by atoms with Crippen molar-refractivity contribution in [2.75, 3.05) is 40.5 Å². The second kappa shape index (κ2) is 13.1. The molecule has 0 bridgehead atoms. The van der Waals surface area contributed by atoms with Crippen LogP contribution < -0.4 is 51.4 Å². The van der Waals surface area contributed by atoms with Crippen LogP contribution in [0.3, 0.4) is 0 Å². The van der Waals surface area contributed by atoms with E-state index in [1.165, 1.54) is 0 Å². The number of ether oxygens (including phenoxy) is 2. The SMILES string of the molecule is COCC[N-]CCOC.[K+]. The van der Waals surface area contributed by atoms with Gasteiger partial charge in [-0.05, 0) is 0 Å². The van der Waals surface area contributed by atoms with Crippen LogP contribution in [0.4, 0.5) is 0 Å². The van der Waals surface area contributed by atoms with Gasteiger partial charge in [-0.1, -0.05) is 0 Å². The van der Waals surface area contributed by atoms with Gasteiger partial charge in [-0.3, -0.25) is 0 Å². The Hall–Kier alpha value is 1.52. The Morgan fingerprint density at radius 3 is 1.70 bits per heavy atom. The van der Waals surface area contributed by atoms with Crippen molar-refractivity contribution in [3.05, 3.63) is 5.32 Å². The second-order valence-corrected chi connectivity index (χ2v) is 1.66. The third-order valence-corrected chi connectivity index (χ3v) is 0.907. The zero-order valence-corrected chi connectivity index (χ0v) is 10.2. The standard InChI is InChI=1S/C6H14NO2.K/c1-8-5-3-7-4-6-9-2;/h3-6H2,1-2H3;/q-1;+1. The molecule has 0 aliphatic heterocycles. The van der Waals surface area contributed by atoms with Crippen molar-refractivity contribution in [3.8, 4) is 0 Å². The van der Waals surface area contributed by atoms with Gasteiger partial charge in [0.2, 0.25) is 0 Å². The van der Waals surface area contributed by atoms with E-state index in [1.54, 1.807) is 14.2 Å². The average molecular weight is 171 g/mol. The van der Waals surface area contributed by atoms with Crippen LogP contribution in [0.1, 0.15) is 0 Å². The average Bonchev–Trinajstić information content (AvgIpc) is 1.89. The van der Waals surface area contributed by atoms with Crippen molar-refractivity contribution in [2.24, 2.45) is 0 Å². The molecule has 0 amide bonds. The van der Waals surface area contributed by atoms with Crippen LogP contribution in [0.5, 0.6) is 0 Å². The molecule has 10 heavy (non-hydrogen) atoms. The molecule has 0 spiro atoms. The maximum absolute atomic E-state index is 4.79. The van der Waals surface area contributed by atoms with Gasteiger partial charge in [0.15, 0.2) is 0 Å². The molecule has 0 N–H and O–H groups in total. The van der Waals surface area contributed by atoms with Gasteiger partial charge >= 0.3 is 51.4 Å². The summed E-state index contributed by atoms with van der Waals surface area (Å²) in [5, 5.41) is 4.10. The van der Waals surface area contributed by atoms with Crippen LogP contribution in [0.25, 0.3) is 5.32 Å². The summed E-state index contributed by atoms with van der Waals surface area (Å²) in [5.74, 6) is 0. The fourth-order valence-electron chi connectivity index (χ4n) is 0.423. The summed E-state index contributed by atoms with van der Waals surface area (Å²) >= 11 is 0. The summed E-state index contributed by atoms with van der Waals surface area (Å²) in [7, 11) is 3.34. The molecule has 56 valence electrons. The topological polar surface area (TPSA) is 32.6 Å². The monoisotopic (exact) mass is 171 g/mol. The summed E-state index contributed by atoms with van der Waals surface area (Å²) in [6, 6.07) is 0. The molecule has 0 aliphatic carbocycles. The minimum absolute atomic E-state index is 0. The fraction of sp³-hybridized carbons (Fsp3) is 1.00. The normalized spacial score (nSPS) is 9.00. The van der Waals surface area contributed by atoms with Gasteiger partial charge in [0, 0.05) is 27.4 Å². The van der Waals surface area contributed by atoms with E-state index in [9.17, 15) is 0 Å². The van der Waals surface area contributed by atoms with Crippen LogP contribution in [-0.2, 0) is 9.47 Å². The van der Waals surface area contributed by atoms with E-state index in [2.05, 4.69) is 5.32 Å². The number of hydrogen-bond donors (Lipinski definition) is 0. The molecule has 0 unspecified atom stereocenters. The number of methoxy groups -OCH3 is 2. The van der Waals surface area contributed by atoms with E-state index in [1.807, 2.05) is 0 Å². The molecule has 0 saturated carbocycles. The van der Waals surface area contributed by atoms with Gasteiger partial charge < -0.3 is 14.8 Å². The van der Waals surface area contributed by atoms with Gasteiger partial charge in [-0.2, -0.15) is 0 Å². The first-order chi connectivity index (χ1) is 4.41. The zero-order valence-electron chi connectivity index (χ0n) is 7.09. The minimum atomic E-state index is 0. The summed E-state index contributed by atoms with van der Waals surface area (Å²) in [6.45, 7) is 2.98. The smallest absolute Gasteiger partial charge is 0.659 e. The Kier molecular flexibility index (Phi) is 18.5. The summed E-state index contributed by atoms with van der Waals surface area (Å²) in [5.41, 5.74) is 0. The Morgan fingerprint density at radius 1 is 1.00 bits per heavy atom. The van der Waals surface area contributed by atoms with Gasteiger partial charge in [-0.15, -0.1) is 13.1 Å². The fourth-order valence-corrected chi connectivity index (χ4v) is 0.423. The van der Waals surface area contributed by atoms with Gasteiger partial charge in [0.05, 0.1) is 0 Å². The predicted octanol–water partition coefficient (Wildman–Crippen LogP) is -2.34. The van der Waals surface area contributed by atoms with Crippen molar-refractivity contribution in [2.45, 2.75) is 0 Å².